The number of hydrogen-bond acceptors (Lipinski definition) is 3. The van der Waals surface area contributed by atoms with Crippen LogP contribution in [0.5, 0.6) is 11.5 Å². The van der Waals surface area contributed by atoms with Gasteiger partial charge in [0.15, 0.2) is 11.5 Å². The molecule has 2 heterocycles. The molecule has 0 N–H and O–H groups in total. The first-order valence-corrected chi connectivity index (χ1v) is 9.00. The Bertz CT molecular complexity index is 580. The first kappa shape index (κ1) is 14.9. The summed E-state index contributed by atoms with van der Waals surface area (Å²) in [6.45, 7) is 2.11. The molecule has 0 spiro atoms. The Hall–Kier alpha value is -1.71. The summed E-state index contributed by atoms with van der Waals surface area (Å²) in [6.07, 6.45) is 7.93. The number of nitrogens with zero attached hydrogens (tertiary/aromatic N) is 1. The lowest BCUT2D eigenvalue weighted by Gasteiger charge is -2.27. The Balaban J connectivity index is 1.49. The van der Waals surface area contributed by atoms with Crippen molar-refractivity contribution in [3.63, 3.8) is 0 Å². The number of benzene rings is 1. The number of amides is 1. The molecule has 0 bridgehead atoms. The molecule has 4 nitrogen and oxygen atoms in total. The minimum Gasteiger partial charge on any atom is -0.486 e. The smallest absolute Gasteiger partial charge is 0.223 e. The summed E-state index contributed by atoms with van der Waals surface area (Å²) >= 11 is 0. The maximum Gasteiger partial charge on any atom is 0.223 e. The standard InChI is InChI=1S/C19H25NO3/c21-19(12-14-4-1-2-5-14)20-9-3-6-16(20)15-7-8-17-18(13-15)23-11-10-22-17/h7-8,13-14,16H,1-6,9-12H2. The maximum atomic E-state index is 12.7. The van der Waals surface area contributed by atoms with E-state index < -0.39 is 0 Å². The Kier molecular flexibility index (Phi) is 4.15. The number of fused-ring (bicyclic) bond motifs is 1. The molecule has 0 radical (unpaired) electrons. The number of likely N-dealkylation sites (tertiary alicyclic amines) is 1. The van der Waals surface area contributed by atoms with E-state index in [1.807, 2.05) is 6.07 Å². The molecular weight excluding hydrogens is 290 g/mol. The molecule has 124 valence electrons. The van der Waals surface area contributed by atoms with Gasteiger partial charge in [0.25, 0.3) is 0 Å². The fourth-order valence-corrected chi connectivity index (χ4v) is 4.26. The van der Waals surface area contributed by atoms with Crippen LogP contribution >= 0.6 is 0 Å². The molecule has 0 aromatic heterocycles. The molecule has 4 rings (SSSR count). The highest BCUT2D eigenvalue weighted by Crippen LogP contribution is 2.39. The van der Waals surface area contributed by atoms with E-state index in [9.17, 15) is 4.79 Å². The molecule has 1 atom stereocenters. The second-order valence-electron chi connectivity index (χ2n) is 7.00. The summed E-state index contributed by atoms with van der Waals surface area (Å²) in [5, 5.41) is 0. The maximum absolute atomic E-state index is 12.7. The van der Waals surface area contributed by atoms with Gasteiger partial charge >= 0.3 is 0 Å². The number of carbonyl (C=O) groups is 1. The number of ether oxygens (including phenoxy) is 2. The average Bonchev–Trinajstić information content (AvgIpc) is 3.25. The van der Waals surface area contributed by atoms with Gasteiger partial charge in [-0.05, 0) is 49.3 Å². The first-order valence-electron chi connectivity index (χ1n) is 9.00. The zero-order chi connectivity index (χ0) is 15.6. The number of rotatable bonds is 3. The van der Waals surface area contributed by atoms with E-state index in [1.165, 1.54) is 31.2 Å². The van der Waals surface area contributed by atoms with Gasteiger partial charge in [-0.2, -0.15) is 0 Å². The molecular formula is C19H25NO3. The van der Waals surface area contributed by atoms with Crippen molar-refractivity contribution in [3.05, 3.63) is 23.8 Å². The van der Waals surface area contributed by atoms with Gasteiger partial charge in [0, 0.05) is 13.0 Å². The highest BCUT2D eigenvalue weighted by molar-refractivity contribution is 5.77. The van der Waals surface area contributed by atoms with E-state index >= 15 is 0 Å². The molecule has 1 aromatic carbocycles. The van der Waals surface area contributed by atoms with Crippen molar-refractivity contribution in [2.24, 2.45) is 5.92 Å². The van der Waals surface area contributed by atoms with Gasteiger partial charge in [0.1, 0.15) is 13.2 Å². The summed E-state index contributed by atoms with van der Waals surface area (Å²) < 4.78 is 11.3. The van der Waals surface area contributed by atoms with Crippen molar-refractivity contribution in [2.75, 3.05) is 19.8 Å². The van der Waals surface area contributed by atoms with E-state index in [2.05, 4.69) is 17.0 Å². The molecule has 1 saturated heterocycles. The van der Waals surface area contributed by atoms with E-state index in [0.29, 0.717) is 25.0 Å². The van der Waals surface area contributed by atoms with Crippen LogP contribution in [0, 0.1) is 5.92 Å². The lowest BCUT2D eigenvalue weighted by Crippen LogP contribution is -2.31. The third-order valence-electron chi connectivity index (χ3n) is 5.46. The van der Waals surface area contributed by atoms with Crippen molar-refractivity contribution in [1.82, 2.24) is 4.90 Å². The minimum absolute atomic E-state index is 0.208. The van der Waals surface area contributed by atoms with Crippen molar-refractivity contribution in [3.8, 4) is 11.5 Å². The molecule has 1 unspecified atom stereocenters. The third-order valence-corrected chi connectivity index (χ3v) is 5.46. The van der Waals surface area contributed by atoms with Crippen LogP contribution < -0.4 is 9.47 Å². The zero-order valence-corrected chi connectivity index (χ0v) is 13.6. The van der Waals surface area contributed by atoms with Crippen LogP contribution in [-0.4, -0.2) is 30.6 Å². The van der Waals surface area contributed by atoms with E-state index in [4.69, 9.17) is 9.47 Å². The molecule has 3 aliphatic rings. The second-order valence-corrected chi connectivity index (χ2v) is 7.00. The fourth-order valence-electron chi connectivity index (χ4n) is 4.26. The minimum atomic E-state index is 0.208. The van der Waals surface area contributed by atoms with Gasteiger partial charge in [0.2, 0.25) is 5.91 Å². The average molecular weight is 315 g/mol. The molecule has 1 aromatic rings. The van der Waals surface area contributed by atoms with Crippen LogP contribution in [-0.2, 0) is 4.79 Å². The zero-order valence-electron chi connectivity index (χ0n) is 13.6. The molecule has 4 heteroatoms. The van der Waals surface area contributed by atoms with Gasteiger partial charge in [-0.25, -0.2) is 0 Å². The van der Waals surface area contributed by atoms with E-state index in [1.54, 1.807) is 0 Å². The highest BCUT2D eigenvalue weighted by atomic mass is 16.6. The Labute approximate surface area is 137 Å². The van der Waals surface area contributed by atoms with Gasteiger partial charge in [0.05, 0.1) is 6.04 Å². The Morgan fingerprint density at radius 2 is 1.83 bits per heavy atom. The molecule has 1 aliphatic carbocycles. The SMILES string of the molecule is O=C(CC1CCCC1)N1CCCC1c1ccc2c(c1)OCCO2. The third kappa shape index (κ3) is 3.04. The monoisotopic (exact) mass is 315 g/mol. The summed E-state index contributed by atoms with van der Waals surface area (Å²) in [6, 6.07) is 6.36. The van der Waals surface area contributed by atoms with Crippen molar-refractivity contribution in [1.29, 1.82) is 0 Å². The second kappa shape index (κ2) is 6.42. The van der Waals surface area contributed by atoms with Crippen molar-refractivity contribution >= 4 is 5.91 Å². The molecule has 1 amide bonds. The van der Waals surface area contributed by atoms with Crippen molar-refractivity contribution < 1.29 is 14.3 Å². The number of hydrogen-bond donors (Lipinski definition) is 0. The summed E-state index contributed by atoms with van der Waals surface area (Å²) in [5.41, 5.74) is 1.19. The molecule has 1 saturated carbocycles. The lowest BCUT2D eigenvalue weighted by atomic mass is 10.0. The Morgan fingerprint density at radius 3 is 2.65 bits per heavy atom. The fraction of sp³-hybridized carbons (Fsp3) is 0.632. The quantitative estimate of drug-likeness (QED) is 0.853. The molecule has 23 heavy (non-hydrogen) atoms. The van der Waals surface area contributed by atoms with Crippen molar-refractivity contribution in [2.45, 2.75) is 51.0 Å². The van der Waals surface area contributed by atoms with Crippen LogP contribution in [0.4, 0.5) is 0 Å². The Morgan fingerprint density at radius 1 is 1.04 bits per heavy atom. The molecule has 2 aliphatic heterocycles. The topological polar surface area (TPSA) is 38.8 Å². The summed E-state index contributed by atoms with van der Waals surface area (Å²) in [5.74, 6) is 2.60. The molecule has 2 fully saturated rings. The van der Waals surface area contributed by atoms with Crippen LogP contribution in [0.15, 0.2) is 18.2 Å². The normalized spacial score (nSPS) is 24.2. The van der Waals surface area contributed by atoms with Crippen LogP contribution in [0.3, 0.4) is 0 Å². The van der Waals surface area contributed by atoms with E-state index in [0.717, 1.165) is 37.3 Å². The number of carbonyl (C=O) groups excluding carboxylic acids is 1. The summed E-state index contributed by atoms with van der Waals surface area (Å²) in [7, 11) is 0. The lowest BCUT2D eigenvalue weighted by molar-refractivity contribution is -0.133. The van der Waals surface area contributed by atoms with Gasteiger partial charge in [-0.1, -0.05) is 18.9 Å². The summed E-state index contributed by atoms with van der Waals surface area (Å²) in [4.78, 5) is 14.8. The predicted octanol–water partition coefficient (Wildman–Crippen LogP) is 3.70. The van der Waals surface area contributed by atoms with Crippen LogP contribution in [0.2, 0.25) is 0 Å². The van der Waals surface area contributed by atoms with Gasteiger partial charge in [-0.3, -0.25) is 4.79 Å². The first-order chi connectivity index (χ1) is 11.3. The van der Waals surface area contributed by atoms with Gasteiger partial charge in [-0.15, -0.1) is 0 Å². The van der Waals surface area contributed by atoms with Crippen LogP contribution in [0.25, 0.3) is 0 Å². The van der Waals surface area contributed by atoms with E-state index in [-0.39, 0.29) is 6.04 Å². The van der Waals surface area contributed by atoms with Gasteiger partial charge < -0.3 is 14.4 Å². The highest BCUT2D eigenvalue weighted by Gasteiger charge is 2.32. The van der Waals surface area contributed by atoms with Crippen LogP contribution in [0.1, 0.15) is 56.6 Å². The predicted molar refractivity (Wildman–Crippen MR) is 87.7 cm³/mol. The largest absolute Gasteiger partial charge is 0.486 e.